The summed E-state index contributed by atoms with van der Waals surface area (Å²) in [5, 5.41) is 11.1. The molecule has 1 amide bonds. The Balaban J connectivity index is 1.26. The standard InChI is InChI=1S/C38H55ClN6O5S/c1-4-6-8-9-10-11-12-13-14-15-17-34(50-33-25-21-31(22-26-33)44-51(47,48)28-7-5-2)38(46)40-30-19-23-32(24-20-30)49-27-16-18-35-41-37-36(39)29(3)42-45(37)43-35/h19-26,34,42,44H,4-18,27-28H2,1-3H3,(H,40,46). The molecule has 2 heterocycles. The molecule has 0 spiro atoms. The van der Waals surface area contributed by atoms with E-state index in [-0.39, 0.29) is 11.7 Å². The Labute approximate surface area is 308 Å². The van der Waals surface area contributed by atoms with Crippen molar-refractivity contribution in [3.63, 3.8) is 0 Å². The van der Waals surface area contributed by atoms with Gasteiger partial charge in [0.1, 0.15) is 16.5 Å². The maximum absolute atomic E-state index is 13.5. The van der Waals surface area contributed by atoms with E-state index in [1.807, 2.05) is 38.1 Å². The molecule has 0 radical (unpaired) electrons. The van der Waals surface area contributed by atoms with Crippen LogP contribution in [-0.4, -0.2) is 52.6 Å². The Morgan fingerprint density at radius 1 is 0.843 bits per heavy atom. The molecule has 51 heavy (non-hydrogen) atoms. The maximum Gasteiger partial charge on any atom is 0.265 e. The second-order valence-corrected chi connectivity index (χ2v) is 15.4. The molecular formula is C38H55ClN6O5S. The van der Waals surface area contributed by atoms with Crippen LogP contribution in [0, 0.1) is 6.92 Å². The SMILES string of the molecule is CCCCCCCCCCCCC(Oc1ccc(NS(=O)(=O)CCCC)cc1)C(=O)Nc1ccc(OCCCc2nc3c(Cl)c(C)[nH]n3n2)cc1. The number of nitrogens with one attached hydrogen (secondary N) is 3. The van der Waals surface area contributed by atoms with Gasteiger partial charge in [-0.3, -0.25) is 14.6 Å². The topological polar surface area (TPSA) is 140 Å². The zero-order valence-electron chi connectivity index (χ0n) is 30.4. The quantitative estimate of drug-likeness (QED) is 0.0575. The fourth-order valence-electron chi connectivity index (χ4n) is 5.73. The van der Waals surface area contributed by atoms with Gasteiger partial charge in [-0.05, 0) is 81.1 Å². The van der Waals surface area contributed by atoms with Crippen LogP contribution in [0.3, 0.4) is 0 Å². The number of amides is 1. The second kappa shape index (κ2) is 20.9. The fraction of sp³-hybridized carbons (Fsp3) is 0.553. The lowest BCUT2D eigenvalue weighted by atomic mass is 10.0. The number of anilines is 2. The first-order chi connectivity index (χ1) is 24.7. The summed E-state index contributed by atoms with van der Waals surface area (Å²) in [6.45, 7) is 6.55. The van der Waals surface area contributed by atoms with E-state index in [4.69, 9.17) is 21.1 Å². The number of sulfonamides is 1. The third kappa shape index (κ3) is 13.7. The summed E-state index contributed by atoms with van der Waals surface area (Å²) in [6, 6.07) is 14.0. The van der Waals surface area contributed by atoms with Gasteiger partial charge in [-0.25, -0.2) is 13.4 Å². The smallest absolute Gasteiger partial charge is 0.265 e. The van der Waals surface area contributed by atoms with Gasteiger partial charge >= 0.3 is 0 Å². The highest BCUT2D eigenvalue weighted by atomic mass is 35.5. The van der Waals surface area contributed by atoms with Gasteiger partial charge in [-0.2, -0.15) is 4.63 Å². The minimum Gasteiger partial charge on any atom is -0.494 e. The molecule has 0 saturated carbocycles. The number of carbonyl (C=O) groups excluding carboxylic acids is 1. The average molecular weight is 743 g/mol. The predicted octanol–water partition coefficient (Wildman–Crippen LogP) is 9.27. The number of fused-ring (bicyclic) bond motifs is 1. The van der Waals surface area contributed by atoms with Crippen LogP contribution in [0.15, 0.2) is 48.5 Å². The summed E-state index contributed by atoms with van der Waals surface area (Å²) in [6.07, 6.45) is 14.7. The number of carbonyl (C=O) groups is 1. The molecule has 3 N–H and O–H groups in total. The van der Waals surface area contributed by atoms with Crippen molar-refractivity contribution in [2.45, 2.75) is 123 Å². The molecule has 1 atom stereocenters. The molecule has 0 aliphatic rings. The van der Waals surface area contributed by atoms with Crippen LogP contribution in [0.1, 0.15) is 115 Å². The van der Waals surface area contributed by atoms with Crippen molar-refractivity contribution < 1.29 is 22.7 Å². The van der Waals surface area contributed by atoms with Crippen molar-refractivity contribution in [1.82, 2.24) is 19.8 Å². The van der Waals surface area contributed by atoms with Crippen LogP contribution in [0.25, 0.3) is 5.65 Å². The van der Waals surface area contributed by atoms with Gasteiger partial charge in [-0.1, -0.05) is 89.7 Å². The number of aromatic amines is 1. The monoisotopic (exact) mass is 742 g/mol. The molecule has 2 aromatic heterocycles. The van der Waals surface area contributed by atoms with E-state index in [9.17, 15) is 13.2 Å². The first-order valence-electron chi connectivity index (χ1n) is 18.6. The van der Waals surface area contributed by atoms with Crippen molar-refractivity contribution >= 4 is 44.6 Å². The molecular weight excluding hydrogens is 688 g/mol. The summed E-state index contributed by atoms with van der Waals surface area (Å²) < 4.78 is 41.0. The van der Waals surface area contributed by atoms with Crippen molar-refractivity contribution in [3.8, 4) is 11.5 Å². The van der Waals surface area contributed by atoms with Crippen molar-refractivity contribution in [2.24, 2.45) is 0 Å². The van der Waals surface area contributed by atoms with Gasteiger partial charge in [0.25, 0.3) is 5.91 Å². The van der Waals surface area contributed by atoms with Crippen LogP contribution < -0.4 is 19.5 Å². The zero-order chi connectivity index (χ0) is 36.5. The lowest BCUT2D eigenvalue weighted by Crippen LogP contribution is -2.33. The molecule has 0 aliphatic heterocycles. The summed E-state index contributed by atoms with van der Waals surface area (Å²) in [7, 11) is -3.41. The minimum absolute atomic E-state index is 0.0768. The molecule has 4 aromatic rings. The summed E-state index contributed by atoms with van der Waals surface area (Å²) >= 11 is 6.26. The molecule has 1 unspecified atom stereocenters. The Bertz CT molecular complexity index is 1720. The number of aromatic nitrogens is 4. The number of benzene rings is 2. The van der Waals surface area contributed by atoms with Crippen LogP contribution in [-0.2, 0) is 21.2 Å². The Morgan fingerprint density at radius 3 is 2.10 bits per heavy atom. The number of H-pyrrole nitrogens is 1. The van der Waals surface area contributed by atoms with Crippen LogP contribution in [0.2, 0.25) is 5.02 Å². The number of ether oxygens (including phenoxy) is 2. The molecule has 4 rings (SSSR count). The number of hydrogen-bond acceptors (Lipinski definition) is 7. The van der Waals surface area contributed by atoms with Crippen LogP contribution in [0.4, 0.5) is 11.4 Å². The number of aryl methyl sites for hydroxylation is 2. The van der Waals surface area contributed by atoms with E-state index in [1.165, 1.54) is 44.9 Å². The highest BCUT2D eigenvalue weighted by Crippen LogP contribution is 2.23. The summed E-state index contributed by atoms with van der Waals surface area (Å²) in [4.78, 5) is 18.0. The first kappa shape index (κ1) is 40.0. The summed E-state index contributed by atoms with van der Waals surface area (Å²) in [5.74, 6) is 1.74. The molecule has 2 aromatic carbocycles. The Hall–Kier alpha value is -3.77. The van der Waals surface area contributed by atoms with E-state index in [1.54, 1.807) is 28.9 Å². The van der Waals surface area contributed by atoms with E-state index >= 15 is 0 Å². The third-order valence-electron chi connectivity index (χ3n) is 8.67. The number of halogens is 1. The van der Waals surface area contributed by atoms with E-state index < -0.39 is 16.1 Å². The number of rotatable bonds is 25. The van der Waals surface area contributed by atoms with Crippen molar-refractivity contribution in [3.05, 3.63) is 65.1 Å². The second-order valence-electron chi connectivity index (χ2n) is 13.2. The number of unbranched alkanes of at least 4 members (excludes halogenated alkanes) is 10. The number of nitrogens with zero attached hydrogens (tertiary/aromatic N) is 3. The van der Waals surface area contributed by atoms with Gasteiger partial charge in [0.2, 0.25) is 10.0 Å². The molecule has 11 nitrogen and oxygen atoms in total. The van der Waals surface area contributed by atoms with Crippen LogP contribution >= 0.6 is 11.6 Å². The lowest BCUT2D eigenvalue weighted by molar-refractivity contribution is -0.123. The van der Waals surface area contributed by atoms with Gasteiger partial charge in [0, 0.05) is 17.8 Å². The summed E-state index contributed by atoms with van der Waals surface area (Å²) in [5.41, 5.74) is 2.56. The molecule has 0 bridgehead atoms. The highest BCUT2D eigenvalue weighted by Gasteiger charge is 2.21. The largest absolute Gasteiger partial charge is 0.494 e. The van der Waals surface area contributed by atoms with Crippen LogP contribution in [0.5, 0.6) is 11.5 Å². The van der Waals surface area contributed by atoms with Gasteiger partial charge in [-0.15, -0.1) is 5.10 Å². The highest BCUT2D eigenvalue weighted by molar-refractivity contribution is 7.92. The Kier molecular flexibility index (Phi) is 16.4. The van der Waals surface area contributed by atoms with Crippen molar-refractivity contribution in [1.29, 1.82) is 0 Å². The fourth-order valence-corrected chi connectivity index (χ4v) is 7.16. The normalized spacial score (nSPS) is 12.2. The van der Waals surface area contributed by atoms with E-state index in [0.717, 1.165) is 37.8 Å². The molecule has 0 fully saturated rings. The lowest BCUT2D eigenvalue weighted by Gasteiger charge is -2.19. The van der Waals surface area contributed by atoms with Gasteiger partial charge < -0.3 is 14.8 Å². The minimum atomic E-state index is -3.41. The van der Waals surface area contributed by atoms with Gasteiger partial charge in [0.05, 0.1) is 18.1 Å². The predicted molar refractivity (Wildman–Crippen MR) is 206 cm³/mol. The zero-order valence-corrected chi connectivity index (χ0v) is 32.0. The maximum atomic E-state index is 13.5. The number of hydrogen-bond donors (Lipinski definition) is 3. The van der Waals surface area contributed by atoms with Crippen molar-refractivity contribution in [2.75, 3.05) is 22.4 Å². The Morgan fingerprint density at radius 2 is 1.45 bits per heavy atom. The average Bonchev–Trinajstić information content (AvgIpc) is 3.63. The molecule has 280 valence electrons. The van der Waals surface area contributed by atoms with E-state index in [2.05, 4.69) is 32.1 Å². The molecule has 13 heteroatoms. The van der Waals surface area contributed by atoms with E-state index in [0.29, 0.717) is 65.2 Å². The first-order valence-corrected chi connectivity index (χ1v) is 20.6. The third-order valence-corrected chi connectivity index (χ3v) is 10.5. The molecule has 0 aliphatic carbocycles. The van der Waals surface area contributed by atoms with Gasteiger partial charge in [0.15, 0.2) is 17.6 Å². The molecule has 0 saturated heterocycles.